The lowest BCUT2D eigenvalue weighted by Crippen LogP contribution is -2.30. The molecule has 0 bridgehead atoms. The molecule has 0 spiro atoms. The standard InChI is InChI=1S/C22H23FN4O3.HI/c1-24-22(27-16-7-9-20(28-2)21(12-16)29-3)26-13-15-6-8-19(18(23)11-15)30-17-5-4-10-25-14-17;/h4-12,14H,13H2,1-3H3,(H2,24,26,27);1H. The van der Waals surface area contributed by atoms with Gasteiger partial charge in [-0.1, -0.05) is 6.07 Å². The molecule has 0 saturated heterocycles. The number of halogens is 2. The molecule has 0 fully saturated rings. The topological polar surface area (TPSA) is 77.0 Å². The van der Waals surface area contributed by atoms with E-state index in [-0.39, 0.29) is 29.7 Å². The summed E-state index contributed by atoms with van der Waals surface area (Å²) in [6.45, 7) is 0.372. The number of guanidine groups is 1. The van der Waals surface area contributed by atoms with Gasteiger partial charge in [-0.25, -0.2) is 4.39 Å². The van der Waals surface area contributed by atoms with Crippen LogP contribution in [0.3, 0.4) is 0 Å². The number of nitrogens with one attached hydrogen (secondary N) is 2. The summed E-state index contributed by atoms with van der Waals surface area (Å²) in [5, 5.41) is 6.31. The first-order chi connectivity index (χ1) is 14.6. The third-order valence-electron chi connectivity index (χ3n) is 4.19. The number of benzene rings is 2. The zero-order valence-corrected chi connectivity index (χ0v) is 19.7. The second-order valence-corrected chi connectivity index (χ2v) is 6.18. The van der Waals surface area contributed by atoms with Crippen LogP contribution < -0.4 is 24.8 Å². The van der Waals surface area contributed by atoms with Crippen molar-refractivity contribution in [2.24, 2.45) is 4.99 Å². The van der Waals surface area contributed by atoms with Crippen molar-refractivity contribution in [2.45, 2.75) is 6.54 Å². The lowest BCUT2D eigenvalue weighted by molar-refractivity contribution is 0.355. The fourth-order valence-corrected chi connectivity index (χ4v) is 2.69. The molecule has 2 N–H and O–H groups in total. The zero-order chi connectivity index (χ0) is 21.3. The van der Waals surface area contributed by atoms with Crippen molar-refractivity contribution in [2.75, 3.05) is 26.6 Å². The maximum atomic E-state index is 14.4. The minimum atomic E-state index is -0.457. The number of anilines is 1. The summed E-state index contributed by atoms with van der Waals surface area (Å²) in [4.78, 5) is 8.14. The predicted octanol–water partition coefficient (Wildman–Crippen LogP) is 4.84. The molecule has 0 radical (unpaired) electrons. The smallest absolute Gasteiger partial charge is 0.195 e. The molecule has 9 heteroatoms. The fraction of sp³-hybridized carbons (Fsp3) is 0.182. The van der Waals surface area contributed by atoms with Gasteiger partial charge in [0, 0.05) is 31.5 Å². The predicted molar refractivity (Wildman–Crippen MR) is 129 cm³/mol. The van der Waals surface area contributed by atoms with Crippen LogP contribution in [-0.4, -0.2) is 32.2 Å². The molecule has 0 aliphatic heterocycles. The van der Waals surface area contributed by atoms with Gasteiger partial charge >= 0.3 is 0 Å². The normalized spacial score (nSPS) is 10.6. The first-order valence-electron chi connectivity index (χ1n) is 9.19. The maximum Gasteiger partial charge on any atom is 0.195 e. The number of aromatic nitrogens is 1. The quantitative estimate of drug-likeness (QED) is 0.255. The lowest BCUT2D eigenvalue weighted by Gasteiger charge is -2.14. The van der Waals surface area contributed by atoms with Crippen LogP contribution in [0.25, 0.3) is 0 Å². The van der Waals surface area contributed by atoms with Gasteiger partial charge < -0.3 is 24.8 Å². The first-order valence-corrected chi connectivity index (χ1v) is 9.19. The minimum Gasteiger partial charge on any atom is -0.493 e. The molecule has 0 aliphatic rings. The van der Waals surface area contributed by atoms with Gasteiger partial charge in [0.1, 0.15) is 5.75 Å². The molecule has 2 aromatic carbocycles. The second kappa shape index (κ2) is 11.9. The highest BCUT2D eigenvalue weighted by Gasteiger charge is 2.09. The van der Waals surface area contributed by atoms with Crippen LogP contribution in [0.4, 0.5) is 10.1 Å². The minimum absolute atomic E-state index is 0. The summed E-state index contributed by atoms with van der Waals surface area (Å²) in [6.07, 6.45) is 3.15. The largest absolute Gasteiger partial charge is 0.493 e. The highest BCUT2D eigenvalue weighted by molar-refractivity contribution is 14.0. The van der Waals surface area contributed by atoms with Crippen molar-refractivity contribution in [1.82, 2.24) is 10.3 Å². The Balaban J connectivity index is 0.00000341. The summed E-state index contributed by atoms with van der Waals surface area (Å²) in [6, 6.07) is 13.7. The van der Waals surface area contributed by atoms with Crippen LogP contribution in [0.2, 0.25) is 0 Å². The van der Waals surface area contributed by atoms with Gasteiger partial charge in [-0.15, -0.1) is 24.0 Å². The third kappa shape index (κ3) is 6.71. The second-order valence-electron chi connectivity index (χ2n) is 6.18. The number of rotatable bonds is 7. The summed E-state index contributed by atoms with van der Waals surface area (Å²) in [7, 11) is 4.81. The van der Waals surface area contributed by atoms with Crippen molar-refractivity contribution in [1.29, 1.82) is 0 Å². The summed E-state index contributed by atoms with van der Waals surface area (Å²) in [5.74, 6) is 1.92. The van der Waals surface area contributed by atoms with Crippen molar-refractivity contribution >= 4 is 35.6 Å². The Morgan fingerprint density at radius 1 is 1.03 bits per heavy atom. The number of hydrogen-bond donors (Lipinski definition) is 2. The third-order valence-corrected chi connectivity index (χ3v) is 4.19. The molecule has 0 atom stereocenters. The fourth-order valence-electron chi connectivity index (χ4n) is 2.69. The van der Waals surface area contributed by atoms with Crippen LogP contribution in [0, 0.1) is 5.82 Å². The summed E-state index contributed by atoms with van der Waals surface area (Å²) >= 11 is 0. The van der Waals surface area contributed by atoms with E-state index in [1.807, 2.05) is 6.07 Å². The van der Waals surface area contributed by atoms with E-state index < -0.39 is 5.82 Å². The van der Waals surface area contributed by atoms with Gasteiger partial charge in [0.25, 0.3) is 0 Å². The molecule has 7 nitrogen and oxygen atoms in total. The molecule has 3 rings (SSSR count). The molecule has 3 aromatic rings. The molecule has 0 amide bonds. The molecule has 0 saturated carbocycles. The number of pyridine rings is 1. The summed E-state index contributed by atoms with van der Waals surface area (Å²) < 4.78 is 30.5. The number of aliphatic imine (C=N–C) groups is 1. The number of ether oxygens (including phenoxy) is 3. The van der Waals surface area contributed by atoms with Crippen molar-refractivity contribution < 1.29 is 18.6 Å². The number of nitrogens with zero attached hydrogens (tertiary/aromatic N) is 2. The van der Waals surface area contributed by atoms with E-state index in [0.717, 1.165) is 11.3 Å². The van der Waals surface area contributed by atoms with E-state index in [1.54, 1.807) is 63.9 Å². The Morgan fingerprint density at radius 3 is 2.45 bits per heavy atom. The number of hydrogen-bond acceptors (Lipinski definition) is 5. The molecule has 0 aliphatic carbocycles. The van der Waals surface area contributed by atoms with E-state index >= 15 is 0 Å². The van der Waals surface area contributed by atoms with Crippen LogP contribution in [0.5, 0.6) is 23.0 Å². The highest BCUT2D eigenvalue weighted by atomic mass is 127. The van der Waals surface area contributed by atoms with Gasteiger partial charge in [-0.05, 0) is 42.0 Å². The van der Waals surface area contributed by atoms with Crippen molar-refractivity contribution in [3.63, 3.8) is 0 Å². The Kier molecular flexibility index (Phi) is 9.32. The average molecular weight is 538 g/mol. The van der Waals surface area contributed by atoms with E-state index in [9.17, 15) is 4.39 Å². The van der Waals surface area contributed by atoms with E-state index in [0.29, 0.717) is 29.8 Å². The first kappa shape index (κ1) is 24.2. The van der Waals surface area contributed by atoms with Crippen molar-refractivity contribution in [3.8, 4) is 23.0 Å². The molecular weight excluding hydrogens is 514 g/mol. The Labute approximate surface area is 197 Å². The molecule has 0 unspecified atom stereocenters. The molecule has 1 aromatic heterocycles. The Hall–Kier alpha value is -3.08. The molecular formula is C22H24FIN4O3. The van der Waals surface area contributed by atoms with Crippen LogP contribution in [-0.2, 0) is 6.54 Å². The van der Waals surface area contributed by atoms with E-state index in [1.165, 1.54) is 12.3 Å². The van der Waals surface area contributed by atoms with Gasteiger partial charge in [0.05, 0.1) is 20.4 Å². The maximum absolute atomic E-state index is 14.4. The molecule has 1 heterocycles. The van der Waals surface area contributed by atoms with E-state index in [2.05, 4.69) is 20.6 Å². The van der Waals surface area contributed by atoms with Crippen LogP contribution in [0.15, 0.2) is 65.9 Å². The average Bonchev–Trinajstić information content (AvgIpc) is 2.78. The van der Waals surface area contributed by atoms with Crippen LogP contribution in [0.1, 0.15) is 5.56 Å². The van der Waals surface area contributed by atoms with Gasteiger partial charge in [0.15, 0.2) is 29.0 Å². The van der Waals surface area contributed by atoms with Gasteiger partial charge in [0.2, 0.25) is 0 Å². The number of methoxy groups -OCH3 is 2. The molecule has 164 valence electrons. The van der Waals surface area contributed by atoms with Gasteiger partial charge in [-0.3, -0.25) is 9.98 Å². The van der Waals surface area contributed by atoms with E-state index in [4.69, 9.17) is 14.2 Å². The van der Waals surface area contributed by atoms with Gasteiger partial charge in [-0.2, -0.15) is 0 Å². The Bertz CT molecular complexity index is 1020. The van der Waals surface area contributed by atoms with Crippen LogP contribution >= 0.6 is 24.0 Å². The lowest BCUT2D eigenvalue weighted by atomic mass is 10.2. The Morgan fingerprint density at radius 2 is 1.81 bits per heavy atom. The summed E-state index contributed by atoms with van der Waals surface area (Å²) in [5.41, 5.74) is 1.51. The highest BCUT2D eigenvalue weighted by Crippen LogP contribution is 2.29. The zero-order valence-electron chi connectivity index (χ0n) is 17.4. The SMILES string of the molecule is CN=C(NCc1ccc(Oc2cccnc2)c(F)c1)Nc1ccc(OC)c(OC)c1.I. The monoisotopic (exact) mass is 538 g/mol. The molecule has 31 heavy (non-hydrogen) atoms. The van der Waals surface area contributed by atoms with Crippen molar-refractivity contribution in [3.05, 3.63) is 72.3 Å².